The van der Waals surface area contributed by atoms with Gasteiger partial charge in [-0.25, -0.2) is 4.98 Å². The number of rotatable bonds is 1. The van der Waals surface area contributed by atoms with Crippen molar-refractivity contribution < 1.29 is 13.2 Å². The van der Waals surface area contributed by atoms with E-state index in [1.807, 2.05) is 30.0 Å². The summed E-state index contributed by atoms with van der Waals surface area (Å²) in [5.41, 5.74) is 2.26. The molecule has 134 valence electrons. The van der Waals surface area contributed by atoms with Crippen molar-refractivity contribution in [1.29, 1.82) is 0 Å². The van der Waals surface area contributed by atoms with Gasteiger partial charge in [0.05, 0.1) is 11.1 Å². The second kappa shape index (κ2) is 6.09. The highest BCUT2D eigenvalue weighted by Crippen LogP contribution is 2.33. The molecule has 0 bridgehead atoms. The lowest BCUT2D eigenvalue weighted by Gasteiger charge is -2.30. The van der Waals surface area contributed by atoms with Crippen molar-refractivity contribution in [3.8, 4) is 0 Å². The fraction of sp³-hybridized carbons (Fsp3) is 0.278. The van der Waals surface area contributed by atoms with Gasteiger partial charge in [0, 0.05) is 36.8 Å². The van der Waals surface area contributed by atoms with E-state index in [9.17, 15) is 13.2 Å². The summed E-state index contributed by atoms with van der Waals surface area (Å²) < 4.78 is 39.0. The lowest BCUT2D eigenvalue weighted by molar-refractivity contribution is -0.137. The number of pyridine rings is 1. The topological polar surface area (TPSA) is 41.9 Å². The van der Waals surface area contributed by atoms with Gasteiger partial charge in [0.25, 0.3) is 0 Å². The number of halogens is 4. The molecule has 1 aliphatic heterocycles. The first-order valence-corrected chi connectivity index (χ1v) is 8.43. The monoisotopic (exact) mass is 378 g/mol. The number of benzene rings is 1. The number of anilines is 1. The molecule has 1 aromatic carbocycles. The van der Waals surface area contributed by atoms with Crippen LogP contribution in [0.5, 0.6) is 0 Å². The summed E-state index contributed by atoms with van der Waals surface area (Å²) in [5.74, 6) is 0.631. The predicted molar refractivity (Wildman–Crippen MR) is 93.3 cm³/mol. The summed E-state index contributed by atoms with van der Waals surface area (Å²) in [6.07, 6.45) is -2.97. The Kier molecular flexibility index (Phi) is 3.99. The van der Waals surface area contributed by atoms with Crippen molar-refractivity contribution in [1.82, 2.24) is 15.0 Å². The third-order valence-corrected chi connectivity index (χ3v) is 4.64. The molecule has 0 amide bonds. The van der Waals surface area contributed by atoms with E-state index >= 15 is 0 Å². The lowest BCUT2D eigenvalue weighted by atomic mass is 10.0. The van der Waals surface area contributed by atoms with Gasteiger partial charge in [-0.05, 0) is 42.3 Å². The molecule has 1 aliphatic rings. The second-order valence-corrected chi connectivity index (χ2v) is 6.67. The van der Waals surface area contributed by atoms with Crippen LogP contribution in [0, 0.1) is 6.92 Å². The largest absolute Gasteiger partial charge is 0.417 e. The molecule has 26 heavy (non-hydrogen) atoms. The molecule has 0 saturated heterocycles. The zero-order valence-electron chi connectivity index (χ0n) is 13.8. The normalized spacial score (nSPS) is 14.6. The molecule has 0 spiro atoms. The summed E-state index contributed by atoms with van der Waals surface area (Å²) in [6.45, 7) is 2.85. The molecule has 0 aliphatic carbocycles. The minimum absolute atomic E-state index is 0.115. The molecule has 2 aromatic heterocycles. The molecule has 0 fully saturated rings. The number of alkyl halides is 3. The van der Waals surface area contributed by atoms with Gasteiger partial charge in [-0.1, -0.05) is 11.6 Å². The Labute approximate surface area is 152 Å². The zero-order chi connectivity index (χ0) is 18.5. The fourth-order valence-corrected chi connectivity index (χ4v) is 3.37. The van der Waals surface area contributed by atoms with E-state index in [4.69, 9.17) is 11.6 Å². The predicted octanol–water partition coefficient (Wildman–Crippen LogP) is 4.57. The van der Waals surface area contributed by atoms with Crippen molar-refractivity contribution in [3.05, 3.63) is 58.1 Å². The summed E-state index contributed by atoms with van der Waals surface area (Å²) in [6, 6.07) is 6.93. The zero-order valence-corrected chi connectivity index (χ0v) is 14.6. The Morgan fingerprint density at radius 2 is 1.96 bits per heavy atom. The van der Waals surface area contributed by atoms with Crippen molar-refractivity contribution in [2.75, 3.05) is 11.4 Å². The van der Waals surface area contributed by atoms with Crippen LogP contribution in [0.2, 0.25) is 5.28 Å². The van der Waals surface area contributed by atoms with Gasteiger partial charge >= 0.3 is 6.18 Å². The Morgan fingerprint density at radius 1 is 1.15 bits per heavy atom. The van der Waals surface area contributed by atoms with Gasteiger partial charge in [-0.3, -0.25) is 4.98 Å². The van der Waals surface area contributed by atoms with Crippen molar-refractivity contribution in [2.45, 2.75) is 26.1 Å². The van der Waals surface area contributed by atoms with Crippen molar-refractivity contribution >= 4 is 28.3 Å². The number of aromatic nitrogens is 3. The maximum atomic E-state index is 13.0. The van der Waals surface area contributed by atoms with E-state index in [2.05, 4.69) is 15.0 Å². The molecular weight excluding hydrogens is 365 g/mol. The fourth-order valence-electron chi connectivity index (χ4n) is 3.20. The van der Waals surface area contributed by atoms with Gasteiger partial charge in [0.2, 0.25) is 5.28 Å². The molecule has 0 N–H and O–H groups in total. The minimum Gasteiger partial charge on any atom is -0.351 e. The van der Waals surface area contributed by atoms with Crippen LogP contribution in [0.3, 0.4) is 0 Å². The van der Waals surface area contributed by atoms with Gasteiger partial charge in [-0.15, -0.1) is 0 Å². The van der Waals surface area contributed by atoms with Crippen molar-refractivity contribution in [3.63, 3.8) is 0 Å². The van der Waals surface area contributed by atoms with E-state index in [1.165, 1.54) is 6.07 Å². The molecule has 0 saturated carbocycles. The SMILES string of the molecule is Cc1ccc2nc(Cl)nc(N3CCc4ncc(C(F)(F)F)cc4C3)c2c1. The van der Waals surface area contributed by atoms with E-state index < -0.39 is 11.7 Å². The van der Waals surface area contributed by atoms with Crippen LogP contribution in [0.15, 0.2) is 30.5 Å². The number of aryl methyl sites for hydroxylation is 1. The third-order valence-electron chi connectivity index (χ3n) is 4.47. The Hall–Kier alpha value is -2.41. The van der Waals surface area contributed by atoms with E-state index in [0.29, 0.717) is 42.1 Å². The van der Waals surface area contributed by atoms with Crippen LogP contribution >= 0.6 is 11.6 Å². The number of nitrogens with zero attached hydrogens (tertiary/aromatic N) is 4. The van der Waals surface area contributed by atoms with Gasteiger partial charge in [-0.2, -0.15) is 18.2 Å². The molecule has 3 heterocycles. The maximum Gasteiger partial charge on any atom is 0.417 e. The number of hydrogen-bond donors (Lipinski definition) is 0. The summed E-state index contributed by atoms with van der Waals surface area (Å²) in [7, 11) is 0. The smallest absolute Gasteiger partial charge is 0.351 e. The molecule has 0 unspecified atom stereocenters. The van der Waals surface area contributed by atoms with Gasteiger partial charge in [0.1, 0.15) is 5.82 Å². The highest BCUT2D eigenvalue weighted by molar-refractivity contribution is 6.28. The van der Waals surface area contributed by atoms with Crippen LogP contribution in [0.1, 0.15) is 22.4 Å². The average molecular weight is 379 g/mol. The van der Waals surface area contributed by atoms with Gasteiger partial charge < -0.3 is 4.90 Å². The summed E-state index contributed by atoms with van der Waals surface area (Å²) >= 11 is 6.06. The first-order chi connectivity index (χ1) is 12.3. The minimum atomic E-state index is -4.41. The number of hydrogen-bond acceptors (Lipinski definition) is 4. The first kappa shape index (κ1) is 17.0. The van der Waals surface area contributed by atoms with Crippen LogP contribution in [-0.4, -0.2) is 21.5 Å². The van der Waals surface area contributed by atoms with Crippen LogP contribution < -0.4 is 4.90 Å². The molecule has 4 nitrogen and oxygen atoms in total. The van der Waals surface area contributed by atoms with E-state index in [-0.39, 0.29) is 5.28 Å². The highest BCUT2D eigenvalue weighted by Gasteiger charge is 2.32. The maximum absolute atomic E-state index is 13.0. The standard InChI is InChI=1S/C18H14ClF3N4/c1-10-2-3-15-13(6-10)16(25-17(19)24-15)26-5-4-14-11(9-26)7-12(8-23-14)18(20,21)22/h2-3,6-8H,4-5,9H2,1H3. The Morgan fingerprint density at radius 3 is 2.73 bits per heavy atom. The van der Waals surface area contributed by atoms with Crippen LogP contribution in [0.25, 0.3) is 10.9 Å². The third kappa shape index (κ3) is 3.07. The molecule has 8 heteroatoms. The van der Waals surface area contributed by atoms with Crippen LogP contribution in [-0.2, 0) is 19.1 Å². The Bertz CT molecular complexity index is 1000. The molecule has 0 radical (unpaired) electrons. The second-order valence-electron chi connectivity index (χ2n) is 6.34. The lowest BCUT2D eigenvalue weighted by Crippen LogP contribution is -2.32. The average Bonchev–Trinajstić information content (AvgIpc) is 2.59. The Balaban J connectivity index is 1.77. The highest BCUT2D eigenvalue weighted by atomic mass is 35.5. The summed E-state index contributed by atoms with van der Waals surface area (Å²) in [4.78, 5) is 14.5. The molecule has 4 rings (SSSR count). The molecule has 3 aromatic rings. The van der Waals surface area contributed by atoms with Gasteiger partial charge in [0.15, 0.2) is 0 Å². The van der Waals surface area contributed by atoms with E-state index in [0.717, 1.165) is 17.1 Å². The molecular formula is C18H14ClF3N4. The van der Waals surface area contributed by atoms with Crippen LogP contribution in [0.4, 0.5) is 19.0 Å². The molecule has 0 atom stereocenters. The van der Waals surface area contributed by atoms with E-state index in [1.54, 1.807) is 0 Å². The quantitative estimate of drug-likeness (QED) is 0.582. The summed E-state index contributed by atoms with van der Waals surface area (Å²) in [5, 5.41) is 0.946. The van der Waals surface area contributed by atoms with Crippen molar-refractivity contribution in [2.24, 2.45) is 0 Å². The first-order valence-electron chi connectivity index (χ1n) is 8.05. The number of fused-ring (bicyclic) bond motifs is 2.